The van der Waals surface area contributed by atoms with Crippen molar-refractivity contribution in [1.82, 2.24) is 15.4 Å². The van der Waals surface area contributed by atoms with Crippen LogP contribution < -0.4 is 5.48 Å². The van der Waals surface area contributed by atoms with E-state index >= 15 is 0 Å². The van der Waals surface area contributed by atoms with Crippen LogP contribution in [0.4, 0.5) is 4.79 Å². The third-order valence-corrected chi connectivity index (χ3v) is 4.21. The number of nitrogens with one attached hydrogen (secondary N) is 1. The fourth-order valence-corrected chi connectivity index (χ4v) is 3.24. The average molecular weight is 319 g/mol. The first-order chi connectivity index (χ1) is 11.2. The molecule has 1 aromatic carbocycles. The smallest absolute Gasteiger partial charge is 0.320 e. The summed E-state index contributed by atoms with van der Waals surface area (Å²) in [7, 11) is 1.41. The van der Waals surface area contributed by atoms with Gasteiger partial charge in [0.1, 0.15) is 6.61 Å². The van der Waals surface area contributed by atoms with E-state index in [1.165, 1.54) is 12.2 Å². The zero-order chi connectivity index (χ0) is 16.2. The lowest BCUT2D eigenvalue weighted by molar-refractivity contribution is -0.143. The highest BCUT2D eigenvalue weighted by atomic mass is 16.7. The molecule has 1 aromatic rings. The lowest BCUT2D eigenvalue weighted by Crippen LogP contribution is -2.39. The molecule has 0 spiro atoms. The molecule has 1 N–H and O–H groups in total. The van der Waals surface area contributed by atoms with Crippen LogP contribution in [0.15, 0.2) is 30.3 Å². The van der Waals surface area contributed by atoms with Crippen molar-refractivity contribution < 1.29 is 19.3 Å². The number of hydrogen-bond donors (Lipinski definition) is 1. The van der Waals surface area contributed by atoms with E-state index in [0.717, 1.165) is 12.0 Å². The minimum Gasteiger partial charge on any atom is -0.320 e. The van der Waals surface area contributed by atoms with Gasteiger partial charge in [0.05, 0.1) is 13.2 Å². The lowest BCUT2D eigenvalue weighted by atomic mass is 9.93. The number of hydrogen-bond acceptors (Lipinski definition) is 4. The number of piperidine rings is 1. The van der Waals surface area contributed by atoms with E-state index in [-0.39, 0.29) is 23.9 Å². The zero-order valence-electron chi connectivity index (χ0n) is 13.1. The number of fused-ring (bicyclic) bond motifs is 2. The van der Waals surface area contributed by atoms with Gasteiger partial charge in [0, 0.05) is 19.5 Å². The number of rotatable bonds is 6. The van der Waals surface area contributed by atoms with E-state index in [0.29, 0.717) is 26.1 Å². The number of amides is 3. The summed E-state index contributed by atoms with van der Waals surface area (Å²) in [6.07, 6.45) is 1.11. The summed E-state index contributed by atoms with van der Waals surface area (Å²) in [5.74, 6) is -0.0395. The summed E-state index contributed by atoms with van der Waals surface area (Å²) in [5, 5.41) is 1.47. The summed E-state index contributed by atoms with van der Waals surface area (Å²) in [6, 6.07) is 9.64. The zero-order valence-corrected chi connectivity index (χ0v) is 13.1. The van der Waals surface area contributed by atoms with Crippen molar-refractivity contribution in [3.63, 3.8) is 0 Å². The quantitative estimate of drug-likeness (QED) is 0.803. The highest BCUT2D eigenvalue weighted by molar-refractivity contribution is 5.77. The van der Waals surface area contributed by atoms with E-state index < -0.39 is 0 Å². The molecular formula is C16H21N3O4. The van der Waals surface area contributed by atoms with Gasteiger partial charge in [-0.2, -0.15) is 5.06 Å². The van der Waals surface area contributed by atoms with Crippen LogP contribution in [0.25, 0.3) is 0 Å². The van der Waals surface area contributed by atoms with Gasteiger partial charge in [-0.05, 0) is 17.9 Å². The molecule has 7 heteroatoms. The summed E-state index contributed by atoms with van der Waals surface area (Å²) >= 11 is 0. The van der Waals surface area contributed by atoms with Crippen molar-refractivity contribution in [3.8, 4) is 0 Å². The molecule has 3 amide bonds. The van der Waals surface area contributed by atoms with Gasteiger partial charge in [-0.15, -0.1) is 0 Å². The van der Waals surface area contributed by atoms with Gasteiger partial charge in [0.25, 0.3) is 0 Å². The molecule has 124 valence electrons. The van der Waals surface area contributed by atoms with E-state index in [1.54, 1.807) is 4.90 Å². The van der Waals surface area contributed by atoms with E-state index in [4.69, 9.17) is 4.84 Å². The van der Waals surface area contributed by atoms with Gasteiger partial charge in [0.2, 0.25) is 5.91 Å². The first-order valence-electron chi connectivity index (χ1n) is 7.74. The Balaban J connectivity index is 1.57. The Kier molecular flexibility index (Phi) is 4.78. The molecule has 23 heavy (non-hydrogen) atoms. The molecular weight excluding hydrogens is 298 g/mol. The second-order valence-electron chi connectivity index (χ2n) is 5.96. The maximum Gasteiger partial charge on any atom is 0.344 e. The van der Waals surface area contributed by atoms with Crippen molar-refractivity contribution in [3.05, 3.63) is 35.9 Å². The molecule has 3 rings (SSSR count). The van der Waals surface area contributed by atoms with Gasteiger partial charge in [0.15, 0.2) is 0 Å². The maximum atomic E-state index is 12.4. The largest absolute Gasteiger partial charge is 0.344 e. The molecule has 1 unspecified atom stereocenters. The van der Waals surface area contributed by atoms with Crippen molar-refractivity contribution in [2.45, 2.75) is 25.5 Å². The van der Waals surface area contributed by atoms with Gasteiger partial charge in [-0.1, -0.05) is 30.3 Å². The molecule has 2 bridgehead atoms. The van der Waals surface area contributed by atoms with E-state index in [1.807, 2.05) is 30.3 Å². The lowest BCUT2D eigenvalue weighted by Gasteiger charge is -2.28. The van der Waals surface area contributed by atoms with Crippen LogP contribution in [0.5, 0.6) is 0 Å². The molecule has 2 aliphatic rings. The van der Waals surface area contributed by atoms with Gasteiger partial charge in [-0.3, -0.25) is 14.5 Å². The standard InChI is InChI=1S/C16H21N3O4/c1-22-17-15(20)8-13-7-14-10-18(9-13)16(21)19(14)23-11-12-5-3-2-4-6-12/h2-6,13-14H,7-11H2,1H3,(H,17,20)/t13?,14-/m1/s1. The molecule has 2 heterocycles. The van der Waals surface area contributed by atoms with E-state index in [9.17, 15) is 9.59 Å². The van der Waals surface area contributed by atoms with Crippen molar-refractivity contribution >= 4 is 11.9 Å². The molecule has 0 aromatic heterocycles. The summed E-state index contributed by atoms with van der Waals surface area (Å²) in [4.78, 5) is 36.1. The predicted molar refractivity (Wildman–Crippen MR) is 81.7 cm³/mol. The molecule has 0 aliphatic carbocycles. The SMILES string of the molecule is CONC(=O)CC1C[C@@H]2CN(C1)C(=O)N2OCc1ccccc1. The number of hydroxylamine groups is 3. The second kappa shape index (κ2) is 6.97. The Morgan fingerprint density at radius 2 is 2.09 bits per heavy atom. The Morgan fingerprint density at radius 3 is 2.83 bits per heavy atom. The van der Waals surface area contributed by atoms with Gasteiger partial charge >= 0.3 is 6.03 Å². The highest BCUT2D eigenvalue weighted by Gasteiger charge is 2.44. The number of carbonyl (C=O) groups is 2. The first kappa shape index (κ1) is 15.8. The number of carbonyl (C=O) groups excluding carboxylic acids is 2. The Bertz CT molecular complexity index is 566. The molecule has 0 radical (unpaired) electrons. The molecule has 7 nitrogen and oxygen atoms in total. The maximum absolute atomic E-state index is 12.4. The van der Waals surface area contributed by atoms with Gasteiger partial charge in [-0.25, -0.2) is 10.3 Å². The number of urea groups is 1. The second-order valence-corrected chi connectivity index (χ2v) is 5.96. The third kappa shape index (κ3) is 3.62. The number of benzene rings is 1. The normalized spacial score (nSPS) is 23.3. The van der Waals surface area contributed by atoms with Crippen LogP contribution in [-0.4, -0.2) is 48.1 Å². The summed E-state index contributed by atoms with van der Waals surface area (Å²) in [6.45, 7) is 1.61. The molecule has 2 saturated heterocycles. The number of nitrogens with zero attached hydrogens (tertiary/aromatic N) is 2. The van der Waals surface area contributed by atoms with Crippen LogP contribution in [0, 0.1) is 5.92 Å². The van der Waals surface area contributed by atoms with Crippen molar-refractivity contribution in [1.29, 1.82) is 0 Å². The van der Waals surface area contributed by atoms with E-state index in [2.05, 4.69) is 10.3 Å². The molecule has 2 fully saturated rings. The summed E-state index contributed by atoms with van der Waals surface area (Å²) in [5.41, 5.74) is 3.35. The Hall–Kier alpha value is -2.12. The van der Waals surface area contributed by atoms with Crippen LogP contribution in [-0.2, 0) is 21.1 Å². The van der Waals surface area contributed by atoms with Crippen LogP contribution in [0.2, 0.25) is 0 Å². The van der Waals surface area contributed by atoms with Gasteiger partial charge < -0.3 is 4.90 Å². The average Bonchev–Trinajstić information content (AvgIpc) is 2.76. The minimum absolute atomic E-state index is 0.000284. The Labute approximate surface area is 135 Å². The summed E-state index contributed by atoms with van der Waals surface area (Å²) < 4.78 is 0. The molecule has 2 atom stereocenters. The van der Waals surface area contributed by atoms with Crippen LogP contribution in [0.1, 0.15) is 18.4 Å². The third-order valence-electron chi connectivity index (χ3n) is 4.21. The monoisotopic (exact) mass is 319 g/mol. The molecule has 0 saturated carbocycles. The van der Waals surface area contributed by atoms with Crippen molar-refractivity contribution in [2.24, 2.45) is 5.92 Å². The van der Waals surface area contributed by atoms with Crippen LogP contribution >= 0.6 is 0 Å². The molecule has 2 aliphatic heterocycles. The Morgan fingerprint density at radius 1 is 1.30 bits per heavy atom. The fraction of sp³-hybridized carbons (Fsp3) is 0.500. The topological polar surface area (TPSA) is 71.1 Å². The highest BCUT2D eigenvalue weighted by Crippen LogP contribution is 2.31. The predicted octanol–water partition coefficient (Wildman–Crippen LogP) is 1.31. The first-order valence-corrected chi connectivity index (χ1v) is 7.74. The minimum atomic E-state index is -0.163. The van der Waals surface area contributed by atoms with Crippen LogP contribution in [0.3, 0.4) is 0 Å². The van der Waals surface area contributed by atoms with Crippen molar-refractivity contribution in [2.75, 3.05) is 20.2 Å². The fourth-order valence-electron chi connectivity index (χ4n) is 3.24.